The van der Waals surface area contributed by atoms with Crippen LogP contribution in [0.4, 0.5) is 0 Å². The standard InChI is InChI=1S/C13H24/c1-10(2)9-12-5-7-13(8-6-12)11(3)4/h7,10-12H,5-6,8-9H2,1-4H3. The second kappa shape index (κ2) is 4.83. The van der Waals surface area contributed by atoms with Crippen LogP contribution in [0.25, 0.3) is 0 Å². The highest BCUT2D eigenvalue weighted by molar-refractivity contribution is 5.08. The van der Waals surface area contributed by atoms with Gasteiger partial charge in [-0.05, 0) is 43.4 Å². The van der Waals surface area contributed by atoms with E-state index >= 15 is 0 Å². The minimum Gasteiger partial charge on any atom is -0.0848 e. The van der Waals surface area contributed by atoms with Crippen molar-refractivity contribution in [2.75, 3.05) is 0 Å². The van der Waals surface area contributed by atoms with Gasteiger partial charge in [-0.3, -0.25) is 0 Å². The molecular weight excluding hydrogens is 156 g/mol. The van der Waals surface area contributed by atoms with Gasteiger partial charge in [0.15, 0.2) is 0 Å². The first-order valence-corrected chi connectivity index (χ1v) is 5.78. The Labute approximate surface area is 83.4 Å². The third kappa shape index (κ3) is 3.54. The molecule has 0 bridgehead atoms. The molecule has 0 aliphatic heterocycles. The van der Waals surface area contributed by atoms with Crippen LogP contribution < -0.4 is 0 Å². The molecule has 1 aliphatic carbocycles. The Morgan fingerprint density at radius 2 is 2.00 bits per heavy atom. The minimum absolute atomic E-state index is 0.778. The van der Waals surface area contributed by atoms with E-state index in [-0.39, 0.29) is 0 Å². The summed E-state index contributed by atoms with van der Waals surface area (Å²) in [6.45, 7) is 9.30. The quantitative estimate of drug-likeness (QED) is 0.564. The van der Waals surface area contributed by atoms with E-state index in [0.717, 1.165) is 17.8 Å². The summed E-state index contributed by atoms with van der Waals surface area (Å²) >= 11 is 0. The van der Waals surface area contributed by atoms with Crippen molar-refractivity contribution in [1.29, 1.82) is 0 Å². The summed E-state index contributed by atoms with van der Waals surface area (Å²) in [6.07, 6.45) is 8.05. The maximum atomic E-state index is 2.50. The first-order chi connectivity index (χ1) is 6.09. The Balaban J connectivity index is 2.37. The van der Waals surface area contributed by atoms with Crippen molar-refractivity contribution >= 4 is 0 Å². The summed E-state index contributed by atoms with van der Waals surface area (Å²) in [5.74, 6) is 2.63. The molecule has 0 fully saturated rings. The van der Waals surface area contributed by atoms with E-state index in [1.807, 2.05) is 0 Å². The fraction of sp³-hybridized carbons (Fsp3) is 0.846. The van der Waals surface area contributed by atoms with Gasteiger partial charge < -0.3 is 0 Å². The van der Waals surface area contributed by atoms with Gasteiger partial charge in [0.2, 0.25) is 0 Å². The fourth-order valence-corrected chi connectivity index (χ4v) is 2.31. The molecule has 0 heterocycles. The lowest BCUT2D eigenvalue weighted by Gasteiger charge is -2.24. The minimum atomic E-state index is 0.778. The van der Waals surface area contributed by atoms with Crippen LogP contribution in [-0.2, 0) is 0 Å². The predicted octanol–water partition coefficient (Wildman–Crippen LogP) is 4.42. The van der Waals surface area contributed by atoms with Gasteiger partial charge in [0.1, 0.15) is 0 Å². The van der Waals surface area contributed by atoms with Crippen molar-refractivity contribution in [1.82, 2.24) is 0 Å². The van der Waals surface area contributed by atoms with Crippen LogP contribution in [0, 0.1) is 17.8 Å². The third-order valence-electron chi connectivity index (χ3n) is 3.10. The Bertz CT molecular complexity index is 174. The van der Waals surface area contributed by atoms with Gasteiger partial charge in [-0.1, -0.05) is 39.3 Å². The maximum absolute atomic E-state index is 2.50. The number of allylic oxidation sites excluding steroid dienone is 2. The molecule has 1 unspecified atom stereocenters. The summed E-state index contributed by atoms with van der Waals surface area (Å²) in [5, 5.41) is 0. The highest BCUT2D eigenvalue weighted by atomic mass is 14.2. The first-order valence-electron chi connectivity index (χ1n) is 5.78. The molecule has 13 heavy (non-hydrogen) atoms. The normalized spacial score (nSPS) is 23.8. The average Bonchev–Trinajstić information content (AvgIpc) is 2.04. The molecule has 0 aromatic heterocycles. The molecule has 0 nitrogen and oxygen atoms in total. The molecule has 0 N–H and O–H groups in total. The zero-order valence-electron chi connectivity index (χ0n) is 9.64. The van der Waals surface area contributed by atoms with Crippen LogP contribution in [0.2, 0.25) is 0 Å². The lowest BCUT2D eigenvalue weighted by Crippen LogP contribution is -2.10. The average molecular weight is 180 g/mol. The van der Waals surface area contributed by atoms with Gasteiger partial charge in [-0.25, -0.2) is 0 Å². The molecule has 0 heteroatoms. The number of hydrogen-bond acceptors (Lipinski definition) is 0. The van der Waals surface area contributed by atoms with Gasteiger partial charge in [0, 0.05) is 0 Å². The SMILES string of the molecule is CC(C)CC1CC=C(C(C)C)CC1. The molecule has 1 rings (SSSR count). The smallest absolute Gasteiger partial charge is 0.0260 e. The van der Waals surface area contributed by atoms with Crippen LogP contribution in [0.15, 0.2) is 11.6 Å². The van der Waals surface area contributed by atoms with Gasteiger partial charge in [0.05, 0.1) is 0 Å². The van der Waals surface area contributed by atoms with Crippen LogP contribution in [-0.4, -0.2) is 0 Å². The highest BCUT2D eigenvalue weighted by Crippen LogP contribution is 2.31. The Hall–Kier alpha value is -0.260. The molecule has 1 atom stereocenters. The van der Waals surface area contributed by atoms with Crippen LogP contribution in [0.5, 0.6) is 0 Å². The molecular formula is C13H24. The Morgan fingerprint density at radius 3 is 2.38 bits per heavy atom. The van der Waals surface area contributed by atoms with E-state index in [1.54, 1.807) is 5.57 Å². The second-order valence-electron chi connectivity index (χ2n) is 5.20. The lowest BCUT2D eigenvalue weighted by atomic mass is 9.81. The van der Waals surface area contributed by atoms with E-state index in [4.69, 9.17) is 0 Å². The monoisotopic (exact) mass is 180 g/mol. The summed E-state index contributed by atoms with van der Waals surface area (Å²) in [7, 11) is 0. The van der Waals surface area contributed by atoms with Gasteiger partial charge in [-0.2, -0.15) is 0 Å². The van der Waals surface area contributed by atoms with Gasteiger partial charge in [-0.15, -0.1) is 0 Å². The van der Waals surface area contributed by atoms with E-state index in [9.17, 15) is 0 Å². The van der Waals surface area contributed by atoms with Crippen molar-refractivity contribution in [3.8, 4) is 0 Å². The summed E-state index contributed by atoms with van der Waals surface area (Å²) in [4.78, 5) is 0. The molecule has 0 radical (unpaired) electrons. The molecule has 0 spiro atoms. The number of hydrogen-bond donors (Lipinski definition) is 0. The first kappa shape index (κ1) is 10.8. The van der Waals surface area contributed by atoms with E-state index in [1.165, 1.54) is 25.7 Å². The van der Waals surface area contributed by atoms with Crippen molar-refractivity contribution < 1.29 is 0 Å². The van der Waals surface area contributed by atoms with E-state index in [2.05, 4.69) is 33.8 Å². The molecule has 1 aliphatic rings. The fourth-order valence-electron chi connectivity index (χ4n) is 2.31. The molecule has 0 aromatic rings. The van der Waals surface area contributed by atoms with Crippen molar-refractivity contribution in [2.45, 2.75) is 53.4 Å². The Kier molecular flexibility index (Phi) is 4.02. The number of rotatable bonds is 3. The molecule has 0 aromatic carbocycles. The zero-order chi connectivity index (χ0) is 9.84. The van der Waals surface area contributed by atoms with Gasteiger partial charge >= 0.3 is 0 Å². The second-order valence-corrected chi connectivity index (χ2v) is 5.20. The van der Waals surface area contributed by atoms with E-state index < -0.39 is 0 Å². The molecule has 0 amide bonds. The van der Waals surface area contributed by atoms with Crippen molar-refractivity contribution in [3.63, 3.8) is 0 Å². The van der Waals surface area contributed by atoms with Gasteiger partial charge in [0.25, 0.3) is 0 Å². The molecule has 0 saturated heterocycles. The lowest BCUT2D eigenvalue weighted by molar-refractivity contribution is 0.370. The van der Waals surface area contributed by atoms with E-state index in [0.29, 0.717) is 0 Å². The molecule has 76 valence electrons. The highest BCUT2D eigenvalue weighted by Gasteiger charge is 2.16. The molecule has 0 saturated carbocycles. The van der Waals surface area contributed by atoms with Crippen molar-refractivity contribution in [2.24, 2.45) is 17.8 Å². The van der Waals surface area contributed by atoms with Crippen molar-refractivity contribution in [3.05, 3.63) is 11.6 Å². The largest absolute Gasteiger partial charge is 0.0848 e. The summed E-state index contributed by atoms with van der Waals surface area (Å²) in [6, 6.07) is 0. The maximum Gasteiger partial charge on any atom is -0.0260 e. The summed E-state index contributed by atoms with van der Waals surface area (Å²) in [5.41, 5.74) is 1.69. The Morgan fingerprint density at radius 1 is 1.31 bits per heavy atom. The zero-order valence-corrected chi connectivity index (χ0v) is 9.64. The topological polar surface area (TPSA) is 0 Å². The van der Waals surface area contributed by atoms with Crippen LogP contribution >= 0.6 is 0 Å². The van der Waals surface area contributed by atoms with Crippen LogP contribution in [0.1, 0.15) is 53.4 Å². The van der Waals surface area contributed by atoms with Crippen LogP contribution in [0.3, 0.4) is 0 Å². The predicted molar refractivity (Wildman–Crippen MR) is 59.7 cm³/mol. The summed E-state index contributed by atoms with van der Waals surface area (Å²) < 4.78 is 0. The third-order valence-corrected chi connectivity index (χ3v) is 3.10.